The fraction of sp³-hybridized carbons (Fsp3) is 0.111. The van der Waals surface area contributed by atoms with Gasteiger partial charge >= 0.3 is 5.97 Å². The van der Waals surface area contributed by atoms with Gasteiger partial charge in [0.25, 0.3) is 0 Å². The highest BCUT2D eigenvalue weighted by molar-refractivity contribution is 7.99. The molecule has 1 heterocycles. The van der Waals surface area contributed by atoms with E-state index in [9.17, 15) is 9.59 Å². The molecule has 0 bridgehead atoms. The monoisotopic (exact) mass is 325 g/mol. The number of ether oxygens (including phenoxy) is 1. The molecule has 0 aliphatic carbocycles. The fourth-order valence-electron chi connectivity index (χ4n) is 2.29. The number of aromatic amines is 1. The first-order valence-corrected chi connectivity index (χ1v) is 8.06. The van der Waals surface area contributed by atoms with Crippen LogP contribution in [0.5, 0.6) is 0 Å². The van der Waals surface area contributed by atoms with Crippen molar-refractivity contribution in [3.05, 3.63) is 70.5 Å². The van der Waals surface area contributed by atoms with Crippen LogP contribution in [0.1, 0.15) is 17.3 Å². The van der Waals surface area contributed by atoms with E-state index in [0.29, 0.717) is 5.39 Å². The number of hydrogen-bond acceptors (Lipinski definition) is 4. The van der Waals surface area contributed by atoms with Crippen LogP contribution in [0, 0.1) is 0 Å². The van der Waals surface area contributed by atoms with Crippen molar-refractivity contribution in [1.82, 2.24) is 4.98 Å². The summed E-state index contributed by atoms with van der Waals surface area (Å²) in [7, 11) is 0. The predicted molar refractivity (Wildman–Crippen MR) is 91.1 cm³/mol. The van der Waals surface area contributed by atoms with Crippen molar-refractivity contribution in [2.45, 2.75) is 16.7 Å². The van der Waals surface area contributed by atoms with Crippen LogP contribution in [-0.4, -0.2) is 17.6 Å². The number of rotatable bonds is 4. The van der Waals surface area contributed by atoms with Crippen molar-refractivity contribution in [3.8, 4) is 0 Å². The van der Waals surface area contributed by atoms with E-state index in [-0.39, 0.29) is 17.6 Å². The average Bonchev–Trinajstić information content (AvgIpc) is 2.57. The topological polar surface area (TPSA) is 59.2 Å². The number of aromatic nitrogens is 1. The normalized spacial score (nSPS) is 10.7. The second-order valence-corrected chi connectivity index (χ2v) is 5.96. The zero-order chi connectivity index (χ0) is 16.2. The molecule has 116 valence electrons. The quantitative estimate of drug-likeness (QED) is 0.740. The summed E-state index contributed by atoms with van der Waals surface area (Å²) in [6.45, 7) is 1.95. The lowest BCUT2D eigenvalue weighted by Gasteiger charge is -2.08. The lowest BCUT2D eigenvalue weighted by atomic mass is 10.1. The van der Waals surface area contributed by atoms with E-state index in [2.05, 4.69) is 4.98 Å². The van der Waals surface area contributed by atoms with Crippen molar-refractivity contribution in [2.75, 3.05) is 6.61 Å². The molecule has 0 fully saturated rings. The van der Waals surface area contributed by atoms with Gasteiger partial charge in [-0.2, -0.15) is 0 Å². The van der Waals surface area contributed by atoms with E-state index in [0.717, 1.165) is 15.3 Å². The van der Waals surface area contributed by atoms with Crippen LogP contribution < -0.4 is 5.43 Å². The SMILES string of the molecule is CCOC(=O)c1c[nH]c2c(Sc3ccccc3)cccc2c1=O. The van der Waals surface area contributed by atoms with Gasteiger partial charge in [0.15, 0.2) is 0 Å². The summed E-state index contributed by atoms with van der Waals surface area (Å²) in [6.07, 6.45) is 1.43. The molecule has 3 aromatic rings. The van der Waals surface area contributed by atoms with Gasteiger partial charge in [0.05, 0.1) is 12.1 Å². The maximum Gasteiger partial charge on any atom is 0.343 e. The summed E-state index contributed by atoms with van der Waals surface area (Å²) in [5.41, 5.74) is 0.438. The first kappa shape index (κ1) is 15.4. The van der Waals surface area contributed by atoms with Crippen molar-refractivity contribution in [3.63, 3.8) is 0 Å². The molecule has 0 atom stereocenters. The number of para-hydroxylation sites is 1. The third kappa shape index (κ3) is 3.14. The van der Waals surface area contributed by atoms with E-state index in [1.165, 1.54) is 6.20 Å². The Bertz CT molecular complexity index is 903. The van der Waals surface area contributed by atoms with Gasteiger partial charge in [-0.15, -0.1) is 0 Å². The molecule has 0 saturated heterocycles. The van der Waals surface area contributed by atoms with Crippen LogP contribution in [0.25, 0.3) is 10.9 Å². The first-order chi connectivity index (χ1) is 11.2. The van der Waals surface area contributed by atoms with E-state index in [1.807, 2.05) is 42.5 Å². The number of pyridine rings is 1. The molecule has 0 spiro atoms. The van der Waals surface area contributed by atoms with Crippen molar-refractivity contribution in [1.29, 1.82) is 0 Å². The van der Waals surface area contributed by atoms with Crippen LogP contribution >= 0.6 is 11.8 Å². The molecule has 5 heteroatoms. The van der Waals surface area contributed by atoms with Crippen LogP contribution in [0.2, 0.25) is 0 Å². The molecule has 1 N–H and O–H groups in total. The molecule has 0 saturated carbocycles. The van der Waals surface area contributed by atoms with E-state index >= 15 is 0 Å². The lowest BCUT2D eigenvalue weighted by Crippen LogP contribution is -2.18. The molecule has 0 aliphatic heterocycles. The third-order valence-electron chi connectivity index (χ3n) is 3.34. The molecule has 0 amide bonds. The van der Waals surface area contributed by atoms with Gasteiger partial charge in [-0.1, -0.05) is 36.0 Å². The molecule has 23 heavy (non-hydrogen) atoms. The standard InChI is InChI=1S/C18H15NO3S/c1-2-22-18(21)14-11-19-16-13(17(14)20)9-6-10-15(16)23-12-7-4-3-5-8-12/h3-11H,2H2,1H3,(H,19,20). The zero-order valence-corrected chi connectivity index (χ0v) is 13.4. The van der Waals surface area contributed by atoms with Crippen molar-refractivity contribution >= 4 is 28.6 Å². The minimum Gasteiger partial charge on any atom is -0.462 e. The maximum atomic E-state index is 12.5. The van der Waals surface area contributed by atoms with Crippen LogP contribution in [0.4, 0.5) is 0 Å². The van der Waals surface area contributed by atoms with E-state index in [1.54, 1.807) is 24.8 Å². The number of esters is 1. The molecule has 4 nitrogen and oxygen atoms in total. The molecular weight excluding hydrogens is 310 g/mol. The zero-order valence-electron chi connectivity index (χ0n) is 12.5. The minimum atomic E-state index is -0.600. The fourth-order valence-corrected chi connectivity index (χ4v) is 3.25. The molecule has 0 aliphatic rings. The summed E-state index contributed by atoms with van der Waals surface area (Å²) in [5, 5.41) is 0.483. The Hall–Kier alpha value is -2.53. The second kappa shape index (κ2) is 6.71. The minimum absolute atomic E-state index is 0.0289. The molecule has 1 aromatic heterocycles. The molecule has 0 radical (unpaired) electrons. The number of carbonyl (C=O) groups excluding carboxylic acids is 1. The molecule has 3 rings (SSSR count). The Balaban J connectivity index is 2.07. The third-order valence-corrected chi connectivity index (χ3v) is 4.41. The van der Waals surface area contributed by atoms with Gasteiger partial charge in [-0.25, -0.2) is 4.79 Å². The van der Waals surface area contributed by atoms with Crippen LogP contribution in [-0.2, 0) is 4.74 Å². The average molecular weight is 325 g/mol. The lowest BCUT2D eigenvalue weighted by molar-refractivity contribution is 0.0524. The Morgan fingerprint density at radius 1 is 1.13 bits per heavy atom. The Morgan fingerprint density at radius 2 is 1.91 bits per heavy atom. The summed E-state index contributed by atoms with van der Waals surface area (Å²) in [4.78, 5) is 29.4. The van der Waals surface area contributed by atoms with Gasteiger partial charge in [0.2, 0.25) is 5.43 Å². The number of nitrogens with one attached hydrogen (secondary N) is 1. The number of fused-ring (bicyclic) bond motifs is 1. The largest absolute Gasteiger partial charge is 0.462 e. The number of benzene rings is 2. The van der Waals surface area contributed by atoms with Crippen LogP contribution in [0.3, 0.4) is 0 Å². The Kier molecular flexibility index (Phi) is 4.48. The number of H-pyrrole nitrogens is 1. The van der Waals surface area contributed by atoms with Crippen molar-refractivity contribution < 1.29 is 9.53 Å². The highest BCUT2D eigenvalue weighted by Gasteiger charge is 2.15. The predicted octanol–water partition coefficient (Wildman–Crippen LogP) is 3.86. The Morgan fingerprint density at radius 3 is 2.65 bits per heavy atom. The van der Waals surface area contributed by atoms with Gasteiger partial charge in [-0.3, -0.25) is 4.79 Å². The van der Waals surface area contributed by atoms with Gasteiger partial charge in [-0.05, 0) is 31.2 Å². The number of carbonyl (C=O) groups is 1. The summed E-state index contributed by atoms with van der Waals surface area (Å²) >= 11 is 1.56. The van der Waals surface area contributed by atoms with Crippen molar-refractivity contribution in [2.24, 2.45) is 0 Å². The Labute approximate surface area is 137 Å². The molecular formula is C18H15NO3S. The second-order valence-electron chi connectivity index (χ2n) is 4.85. The number of hydrogen-bond donors (Lipinski definition) is 1. The summed E-state index contributed by atoms with van der Waals surface area (Å²) < 4.78 is 4.92. The van der Waals surface area contributed by atoms with Gasteiger partial charge in [0, 0.05) is 21.4 Å². The molecule has 0 unspecified atom stereocenters. The summed E-state index contributed by atoms with van der Waals surface area (Å²) in [5.74, 6) is -0.600. The van der Waals surface area contributed by atoms with E-state index in [4.69, 9.17) is 4.74 Å². The maximum absolute atomic E-state index is 12.5. The highest BCUT2D eigenvalue weighted by atomic mass is 32.2. The molecule has 2 aromatic carbocycles. The summed E-state index contributed by atoms with van der Waals surface area (Å²) in [6, 6.07) is 15.4. The van der Waals surface area contributed by atoms with Gasteiger partial charge < -0.3 is 9.72 Å². The smallest absolute Gasteiger partial charge is 0.343 e. The van der Waals surface area contributed by atoms with E-state index < -0.39 is 5.97 Å². The first-order valence-electron chi connectivity index (χ1n) is 7.25. The van der Waals surface area contributed by atoms with Gasteiger partial charge in [0.1, 0.15) is 5.56 Å². The van der Waals surface area contributed by atoms with Crippen LogP contribution in [0.15, 0.2) is 69.3 Å². The highest BCUT2D eigenvalue weighted by Crippen LogP contribution is 2.31.